The predicted octanol–water partition coefficient (Wildman–Crippen LogP) is 3.46. The molecule has 2 atom stereocenters. The van der Waals surface area contributed by atoms with E-state index in [2.05, 4.69) is 33.1 Å². The molecule has 6 nitrogen and oxygen atoms in total. The number of thiocarbonyl (C=S) groups is 1. The summed E-state index contributed by atoms with van der Waals surface area (Å²) < 4.78 is 17.0. The van der Waals surface area contributed by atoms with Crippen molar-refractivity contribution >= 4 is 39.2 Å². The van der Waals surface area contributed by atoms with Crippen LogP contribution in [0.1, 0.15) is 32.4 Å². The summed E-state index contributed by atoms with van der Waals surface area (Å²) in [6.07, 6.45) is 0. The monoisotopic (exact) mass is 442 g/mol. The Morgan fingerprint density at radius 3 is 2.46 bits per heavy atom. The molecule has 1 aliphatic rings. The maximum absolute atomic E-state index is 12.8. The van der Waals surface area contributed by atoms with Crippen molar-refractivity contribution in [1.82, 2.24) is 10.6 Å². The van der Waals surface area contributed by atoms with Crippen LogP contribution in [0.25, 0.3) is 0 Å². The van der Waals surface area contributed by atoms with Gasteiger partial charge in [0.2, 0.25) is 0 Å². The summed E-state index contributed by atoms with van der Waals surface area (Å²) in [4.78, 5) is 12.8. The molecule has 1 fully saturated rings. The minimum atomic E-state index is -0.661. The number of hydrogen-bond acceptors (Lipinski definition) is 5. The Morgan fingerprint density at radius 2 is 1.92 bits per heavy atom. The van der Waals surface area contributed by atoms with Crippen LogP contribution in [0.5, 0.6) is 11.5 Å². The van der Waals surface area contributed by atoms with Crippen molar-refractivity contribution in [3.63, 3.8) is 0 Å². The molecule has 1 aromatic rings. The molecule has 0 radical (unpaired) electrons. The Balaban J connectivity index is 2.48. The molecule has 0 aromatic heterocycles. The Kier molecular flexibility index (Phi) is 6.18. The summed E-state index contributed by atoms with van der Waals surface area (Å²) in [7, 11) is 3.12. The van der Waals surface area contributed by atoms with Crippen LogP contribution in [-0.2, 0) is 9.53 Å². The van der Waals surface area contributed by atoms with Crippen LogP contribution in [0, 0.1) is 5.92 Å². The van der Waals surface area contributed by atoms with E-state index in [9.17, 15) is 4.79 Å². The fourth-order valence-corrected chi connectivity index (χ4v) is 3.60. The Hall–Kier alpha value is -1.80. The summed E-state index contributed by atoms with van der Waals surface area (Å²) in [6, 6.07) is 3.21. The third-order valence-electron chi connectivity index (χ3n) is 3.75. The largest absolute Gasteiger partial charge is 0.493 e. The molecular weight excluding hydrogens is 420 g/mol. The van der Waals surface area contributed by atoms with Crippen LogP contribution >= 0.6 is 28.1 Å². The van der Waals surface area contributed by atoms with Gasteiger partial charge in [0, 0.05) is 5.70 Å². The van der Waals surface area contributed by atoms with Crippen molar-refractivity contribution in [2.45, 2.75) is 32.4 Å². The van der Waals surface area contributed by atoms with Gasteiger partial charge in [0.05, 0.1) is 24.7 Å². The van der Waals surface area contributed by atoms with Crippen molar-refractivity contribution in [3.05, 3.63) is 34.4 Å². The average molecular weight is 443 g/mol. The standard InChI is InChI=1S/C18H23BrN2O4S/c1-9-13(16(22)25-18(2,3)4)14(21-17(26)20-9)10-7-11(19)15(24-6)12(8-10)23-5/h7-8,13-14H,1H2,2-6H3,(H2,20,21,26)/t13-,14+/m1/s1. The summed E-state index contributed by atoms with van der Waals surface area (Å²) in [5, 5.41) is 6.45. The normalized spacial score (nSPS) is 20.1. The van der Waals surface area contributed by atoms with E-state index in [4.69, 9.17) is 26.4 Å². The zero-order valence-electron chi connectivity index (χ0n) is 15.4. The zero-order chi connectivity index (χ0) is 19.6. The van der Waals surface area contributed by atoms with Crippen molar-refractivity contribution in [3.8, 4) is 11.5 Å². The lowest BCUT2D eigenvalue weighted by Crippen LogP contribution is -2.51. The first-order valence-electron chi connectivity index (χ1n) is 7.98. The summed E-state index contributed by atoms with van der Waals surface area (Å²) >= 11 is 8.73. The minimum Gasteiger partial charge on any atom is -0.493 e. The van der Waals surface area contributed by atoms with Gasteiger partial charge in [-0.3, -0.25) is 4.79 Å². The molecular formula is C18H23BrN2O4S. The smallest absolute Gasteiger partial charge is 0.317 e. The van der Waals surface area contributed by atoms with E-state index in [1.54, 1.807) is 20.3 Å². The van der Waals surface area contributed by atoms with Crippen LogP contribution in [0.15, 0.2) is 28.9 Å². The van der Waals surface area contributed by atoms with Crippen LogP contribution in [0.4, 0.5) is 0 Å². The van der Waals surface area contributed by atoms with Crippen molar-refractivity contribution in [1.29, 1.82) is 0 Å². The third kappa shape index (κ3) is 4.48. The number of carbonyl (C=O) groups excluding carboxylic acids is 1. The molecule has 0 saturated carbocycles. The summed E-state index contributed by atoms with van der Waals surface area (Å²) in [5.74, 6) is 0.0592. The lowest BCUT2D eigenvalue weighted by Gasteiger charge is -2.36. The number of methoxy groups -OCH3 is 2. The molecule has 1 heterocycles. The molecule has 0 amide bonds. The molecule has 1 aliphatic heterocycles. The molecule has 8 heteroatoms. The Labute approximate surface area is 167 Å². The van der Waals surface area contributed by atoms with E-state index >= 15 is 0 Å². The predicted molar refractivity (Wildman–Crippen MR) is 107 cm³/mol. The molecule has 0 aliphatic carbocycles. The lowest BCUT2D eigenvalue weighted by atomic mass is 9.88. The molecule has 0 spiro atoms. The van der Waals surface area contributed by atoms with E-state index < -0.39 is 17.6 Å². The maximum Gasteiger partial charge on any atom is 0.317 e. The number of hydrogen-bond donors (Lipinski definition) is 2. The van der Waals surface area contributed by atoms with E-state index in [-0.39, 0.29) is 5.97 Å². The van der Waals surface area contributed by atoms with Crippen LogP contribution in [0.2, 0.25) is 0 Å². The van der Waals surface area contributed by atoms with Crippen molar-refractivity contribution < 1.29 is 19.0 Å². The summed E-state index contributed by atoms with van der Waals surface area (Å²) in [5.41, 5.74) is 0.659. The van der Waals surface area contributed by atoms with Gasteiger partial charge in [0.25, 0.3) is 0 Å². The Morgan fingerprint density at radius 1 is 1.27 bits per heavy atom. The van der Waals surface area contributed by atoms with Gasteiger partial charge in [-0.05, 0) is 66.6 Å². The molecule has 1 aromatic carbocycles. The minimum absolute atomic E-state index is 0.388. The highest BCUT2D eigenvalue weighted by Crippen LogP contribution is 2.41. The molecule has 2 N–H and O–H groups in total. The SMILES string of the molecule is C=C1NC(=S)N[C@@H](c2cc(Br)c(OC)c(OC)c2)[C@@H]1C(=O)OC(C)(C)C. The van der Waals surface area contributed by atoms with Gasteiger partial charge < -0.3 is 24.8 Å². The van der Waals surface area contributed by atoms with Crippen LogP contribution < -0.4 is 20.1 Å². The molecule has 26 heavy (non-hydrogen) atoms. The molecule has 2 rings (SSSR count). The quantitative estimate of drug-likeness (QED) is 0.546. The third-order valence-corrected chi connectivity index (χ3v) is 4.55. The molecule has 142 valence electrons. The fourth-order valence-electron chi connectivity index (χ4n) is 2.72. The van der Waals surface area contributed by atoms with Gasteiger partial charge in [-0.15, -0.1) is 0 Å². The fraction of sp³-hybridized carbons (Fsp3) is 0.444. The zero-order valence-corrected chi connectivity index (χ0v) is 17.8. The lowest BCUT2D eigenvalue weighted by molar-refractivity contribution is -0.159. The maximum atomic E-state index is 12.8. The van der Waals surface area contributed by atoms with Gasteiger partial charge in [0.1, 0.15) is 11.5 Å². The topological polar surface area (TPSA) is 68.8 Å². The van der Waals surface area contributed by atoms with Gasteiger partial charge >= 0.3 is 5.97 Å². The molecule has 0 bridgehead atoms. The number of nitrogens with one attached hydrogen (secondary N) is 2. The van der Waals surface area contributed by atoms with E-state index in [0.717, 1.165) is 5.56 Å². The number of esters is 1. The number of benzene rings is 1. The highest BCUT2D eigenvalue weighted by atomic mass is 79.9. The summed E-state index contributed by atoms with van der Waals surface area (Å²) in [6.45, 7) is 9.43. The molecule has 1 saturated heterocycles. The van der Waals surface area contributed by atoms with E-state index in [1.807, 2.05) is 26.8 Å². The number of halogens is 1. The first kappa shape index (κ1) is 20.5. The molecule has 0 unspecified atom stereocenters. The van der Waals surface area contributed by atoms with Crippen molar-refractivity contribution in [2.24, 2.45) is 5.92 Å². The van der Waals surface area contributed by atoms with Crippen molar-refractivity contribution in [2.75, 3.05) is 14.2 Å². The second kappa shape index (κ2) is 7.84. The van der Waals surface area contributed by atoms with Gasteiger partial charge in [-0.2, -0.15) is 0 Å². The number of ether oxygens (including phenoxy) is 3. The number of carbonyl (C=O) groups is 1. The highest BCUT2D eigenvalue weighted by Gasteiger charge is 2.39. The first-order chi connectivity index (χ1) is 12.1. The average Bonchev–Trinajstić information content (AvgIpc) is 2.51. The Bertz CT molecular complexity index is 745. The second-order valence-corrected chi connectivity index (χ2v) is 8.11. The van der Waals surface area contributed by atoms with Gasteiger partial charge in [-0.25, -0.2) is 0 Å². The highest BCUT2D eigenvalue weighted by molar-refractivity contribution is 9.10. The van der Waals surface area contributed by atoms with Gasteiger partial charge in [-0.1, -0.05) is 6.58 Å². The number of rotatable bonds is 4. The van der Waals surface area contributed by atoms with Crippen LogP contribution in [-0.4, -0.2) is 30.9 Å². The van der Waals surface area contributed by atoms with Crippen LogP contribution in [0.3, 0.4) is 0 Å². The van der Waals surface area contributed by atoms with E-state index in [0.29, 0.717) is 26.8 Å². The first-order valence-corrected chi connectivity index (χ1v) is 9.18. The van der Waals surface area contributed by atoms with E-state index in [1.165, 1.54) is 0 Å². The van der Waals surface area contributed by atoms with Gasteiger partial charge in [0.15, 0.2) is 16.6 Å². The second-order valence-electron chi connectivity index (χ2n) is 6.85.